The highest BCUT2D eigenvalue weighted by atomic mass is 32.2. The van der Waals surface area contributed by atoms with Crippen molar-refractivity contribution < 1.29 is 14.7 Å². The van der Waals surface area contributed by atoms with Crippen molar-refractivity contribution in [2.24, 2.45) is 0 Å². The number of thioether (sulfide) groups is 1. The van der Waals surface area contributed by atoms with E-state index >= 15 is 0 Å². The summed E-state index contributed by atoms with van der Waals surface area (Å²) in [5.74, 6) is -0.629. The predicted octanol–water partition coefficient (Wildman–Crippen LogP) is 2.77. The number of rotatable bonds is 3. The van der Waals surface area contributed by atoms with Gasteiger partial charge in [0.2, 0.25) is 5.12 Å². The van der Waals surface area contributed by atoms with Gasteiger partial charge in [0.15, 0.2) is 5.78 Å². The van der Waals surface area contributed by atoms with Crippen LogP contribution in [-0.2, 0) is 9.59 Å². The van der Waals surface area contributed by atoms with Crippen molar-refractivity contribution in [1.29, 1.82) is 0 Å². The van der Waals surface area contributed by atoms with Crippen LogP contribution in [0.3, 0.4) is 0 Å². The first-order chi connectivity index (χ1) is 9.40. The van der Waals surface area contributed by atoms with Crippen molar-refractivity contribution >= 4 is 34.4 Å². The van der Waals surface area contributed by atoms with Gasteiger partial charge in [-0.1, -0.05) is 12.1 Å². The van der Waals surface area contributed by atoms with Crippen LogP contribution in [0.4, 0.5) is 5.69 Å². The van der Waals surface area contributed by atoms with Crippen LogP contribution in [0.1, 0.15) is 12.5 Å². The molecule has 0 aliphatic carbocycles. The van der Waals surface area contributed by atoms with E-state index in [2.05, 4.69) is 0 Å². The third kappa shape index (κ3) is 2.77. The number of benzene rings is 1. The summed E-state index contributed by atoms with van der Waals surface area (Å²) in [6.45, 7) is 1.28. The molecule has 0 amide bonds. The number of ketones is 1. The molecule has 1 heterocycles. The van der Waals surface area contributed by atoms with Gasteiger partial charge in [-0.3, -0.25) is 9.59 Å². The van der Waals surface area contributed by atoms with E-state index in [4.69, 9.17) is 0 Å². The summed E-state index contributed by atoms with van der Waals surface area (Å²) in [5.41, 5.74) is 1.81. The van der Waals surface area contributed by atoms with Crippen molar-refractivity contribution in [3.63, 3.8) is 0 Å². The average molecular weight is 289 g/mol. The molecule has 0 unspecified atom stereocenters. The molecule has 0 atom stereocenters. The summed E-state index contributed by atoms with van der Waals surface area (Å²) >= 11 is 0.882. The minimum Gasteiger partial charge on any atom is -0.506 e. The molecular weight excluding hydrogens is 274 g/mol. The van der Waals surface area contributed by atoms with Gasteiger partial charge < -0.3 is 10.0 Å². The second kappa shape index (κ2) is 5.54. The Kier molecular flexibility index (Phi) is 3.99. The number of aliphatic hydroxyl groups is 1. The Hall–Kier alpha value is -2.01. The van der Waals surface area contributed by atoms with Crippen LogP contribution in [-0.4, -0.2) is 30.1 Å². The molecule has 0 spiro atoms. The largest absolute Gasteiger partial charge is 0.506 e. The molecule has 1 aromatic carbocycles. The van der Waals surface area contributed by atoms with E-state index in [1.807, 2.05) is 43.3 Å². The number of hydrogen-bond acceptors (Lipinski definition) is 5. The maximum Gasteiger partial charge on any atom is 0.231 e. The van der Waals surface area contributed by atoms with Gasteiger partial charge in [0, 0.05) is 19.8 Å². The molecule has 20 heavy (non-hydrogen) atoms. The SMILES string of the molecule is CC(=O)C1=C(O)/C(=C/c2ccc(N(C)C)cc2)SC1=O. The molecule has 4 nitrogen and oxygen atoms in total. The number of carbonyl (C=O) groups excluding carboxylic acids is 2. The Labute approximate surface area is 121 Å². The van der Waals surface area contributed by atoms with Crippen LogP contribution in [0.5, 0.6) is 0 Å². The molecule has 1 N–H and O–H groups in total. The van der Waals surface area contributed by atoms with Crippen molar-refractivity contribution in [2.45, 2.75) is 6.92 Å². The lowest BCUT2D eigenvalue weighted by Crippen LogP contribution is -2.07. The van der Waals surface area contributed by atoms with Crippen molar-refractivity contribution in [3.05, 3.63) is 46.1 Å². The number of Topliss-reactive ketones (excluding diaryl/α,β-unsaturated/α-hetero) is 1. The summed E-state index contributed by atoms with van der Waals surface area (Å²) < 4.78 is 0. The zero-order valence-electron chi connectivity index (χ0n) is 11.5. The molecule has 1 aliphatic heterocycles. The molecule has 1 aromatic rings. The van der Waals surface area contributed by atoms with E-state index in [1.54, 1.807) is 6.08 Å². The zero-order chi connectivity index (χ0) is 14.9. The fourth-order valence-electron chi connectivity index (χ4n) is 1.85. The second-order valence-corrected chi connectivity index (χ2v) is 5.68. The molecule has 0 saturated heterocycles. The molecular formula is C15H15NO3S. The van der Waals surface area contributed by atoms with E-state index < -0.39 is 10.9 Å². The Morgan fingerprint density at radius 3 is 2.30 bits per heavy atom. The van der Waals surface area contributed by atoms with E-state index in [-0.39, 0.29) is 11.3 Å². The highest BCUT2D eigenvalue weighted by Gasteiger charge is 2.31. The first-order valence-electron chi connectivity index (χ1n) is 6.06. The maximum atomic E-state index is 11.6. The quantitative estimate of drug-likeness (QED) is 0.867. The smallest absolute Gasteiger partial charge is 0.231 e. The van der Waals surface area contributed by atoms with Gasteiger partial charge in [-0.15, -0.1) is 0 Å². The Morgan fingerprint density at radius 1 is 1.25 bits per heavy atom. The van der Waals surface area contributed by atoms with Crippen molar-refractivity contribution in [3.8, 4) is 0 Å². The van der Waals surface area contributed by atoms with Crippen LogP contribution in [0, 0.1) is 0 Å². The van der Waals surface area contributed by atoms with Gasteiger partial charge in [0.05, 0.1) is 4.91 Å². The lowest BCUT2D eigenvalue weighted by Gasteiger charge is -2.11. The molecule has 1 aliphatic rings. The fraction of sp³-hybridized carbons (Fsp3) is 0.200. The Morgan fingerprint density at radius 2 is 1.85 bits per heavy atom. The van der Waals surface area contributed by atoms with E-state index in [0.717, 1.165) is 23.0 Å². The maximum absolute atomic E-state index is 11.6. The number of aliphatic hydroxyl groups excluding tert-OH is 1. The third-order valence-electron chi connectivity index (χ3n) is 2.94. The number of carbonyl (C=O) groups is 2. The molecule has 2 rings (SSSR count). The normalized spacial score (nSPS) is 16.9. The summed E-state index contributed by atoms with van der Waals surface area (Å²) in [6.07, 6.45) is 1.70. The molecule has 0 bridgehead atoms. The Balaban J connectivity index is 2.33. The monoisotopic (exact) mass is 289 g/mol. The zero-order valence-corrected chi connectivity index (χ0v) is 12.3. The highest BCUT2D eigenvalue weighted by molar-refractivity contribution is 8.18. The predicted molar refractivity (Wildman–Crippen MR) is 81.7 cm³/mol. The third-order valence-corrected chi connectivity index (χ3v) is 3.86. The van der Waals surface area contributed by atoms with Gasteiger partial charge in [0.25, 0.3) is 0 Å². The molecule has 5 heteroatoms. The van der Waals surface area contributed by atoms with Crippen LogP contribution in [0.15, 0.2) is 40.5 Å². The molecule has 0 fully saturated rings. The highest BCUT2D eigenvalue weighted by Crippen LogP contribution is 2.37. The summed E-state index contributed by atoms with van der Waals surface area (Å²) in [6, 6.07) is 7.68. The minimum atomic E-state index is -0.411. The first-order valence-corrected chi connectivity index (χ1v) is 6.87. The van der Waals surface area contributed by atoms with Crippen LogP contribution >= 0.6 is 11.8 Å². The standard InChI is InChI=1S/C15H15NO3S/c1-9(17)13-14(18)12(20-15(13)19)8-10-4-6-11(7-5-10)16(2)3/h4-8,18H,1-3H3/b12-8-. The lowest BCUT2D eigenvalue weighted by atomic mass is 10.1. The lowest BCUT2D eigenvalue weighted by molar-refractivity contribution is -0.116. The van der Waals surface area contributed by atoms with E-state index in [1.165, 1.54) is 6.92 Å². The molecule has 0 saturated carbocycles. The van der Waals surface area contributed by atoms with Crippen LogP contribution in [0.25, 0.3) is 6.08 Å². The van der Waals surface area contributed by atoms with Crippen LogP contribution in [0.2, 0.25) is 0 Å². The van der Waals surface area contributed by atoms with Gasteiger partial charge in [-0.2, -0.15) is 0 Å². The Bertz CT molecular complexity index is 627. The molecule has 104 valence electrons. The number of anilines is 1. The summed E-state index contributed by atoms with van der Waals surface area (Å²) in [5, 5.41) is 9.54. The topological polar surface area (TPSA) is 57.6 Å². The van der Waals surface area contributed by atoms with E-state index in [9.17, 15) is 14.7 Å². The number of nitrogens with zero attached hydrogens (tertiary/aromatic N) is 1. The minimum absolute atomic E-state index is 0.119. The fourth-order valence-corrected chi connectivity index (χ4v) is 2.78. The average Bonchev–Trinajstić information content (AvgIpc) is 2.65. The summed E-state index contributed by atoms with van der Waals surface area (Å²) in [7, 11) is 3.90. The van der Waals surface area contributed by atoms with Gasteiger partial charge in [-0.05, 0) is 42.5 Å². The van der Waals surface area contributed by atoms with Crippen molar-refractivity contribution in [2.75, 3.05) is 19.0 Å². The van der Waals surface area contributed by atoms with Crippen molar-refractivity contribution in [1.82, 2.24) is 0 Å². The first kappa shape index (κ1) is 14.4. The molecule has 0 radical (unpaired) electrons. The number of hydrogen-bond donors (Lipinski definition) is 1. The van der Waals surface area contributed by atoms with E-state index in [0.29, 0.717) is 4.91 Å². The van der Waals surface area contributed by atoms with Crippen LogP contribution < -0.4 is 4.90 Å². The van der Waals surface area contributed by atoms with Gasteiger partial charge >= 0.3 is 0 Å². The molecule has 0 aromatic heterocycles. The second-order valence-electron chi connectivity index (χ2n) is 4.66. The van der Waals surface area contributed by atoms with Gasteiger partial charge in [-0.25, -0.2) is 0 Å². The van der Waals surface area contributed by atoms with Gasteiger partial charge in [0.1, 0.15) is 11.3 Å². The summed E-state index contributed by atoms with van der Waals surface area (Å²) in [4.78, 5) is 25.3.